The fourth-order valence-corrected chi connectivity index (χ4v) is 4.18. The Bertz CT molecular complexity index is 936. The number of nitrogens with one attached hydrogen (secondary N) is 1. The average molecular weight is 336 g/mol. The molecule has 1 aliphatic heterocycles. The second-order valence-corrected chi connectivity index (χ2v) is 6.99. The van der Waals surface area contributed by atoms with Gasteiger partial charge in [-0.05, 0) is 38.3 Å². The second-order valence-electron chi connectivity index (χ2n) is 6.99. The van der Waals surface area contributed by atoms with Crippen molar-refractivity contribution in [2.75, 3.05) is 6.54 Å². The monoisotopic (exact) mass is 336 g/mol. The molecule has 1 fully saturated rings. The number of carbonyl (C=O) groups is 1. The number of aryl methyl sites for hydroxylation is 2. The van der Waals surface area contributed by atoms with Crippen molar-refractivity contribution in [1.82, 2.24) is 19.7 Å². The van der Waals surface area contributed by atoms with Crippen LogP contribution < -0.4 is 0 Å². The van der Waals surface area contributed by atoms with Crippen molar-refractivity contribution >= 4 is 16.8 Å². The van der Waals surface area contributed by atoms with Gasteiger partial charge >= 0.3 is 0 Å². The number of nitrogens with zero attached hydrogens (tertiary/aromatic N) is 3. The van der Waals surface area contributed by atoms with Gasteiger partial charge < -0.3 is 9.88 Å². The molecule has 130 valence electrons. The highest BCUT2D eigenvalue weighted by molar-refractivity contribution is 5.89. The number of rotatable bonds is 3. The fraction of sp³-hybridized carbons (Fsp3) is 0.400. The summed E-state index contributed by atoms with van der Waals surface area (Å²) in [5, 5.41) is 5.68. The van der Waals surface area contributed by atoms with Gasteiger partial charge in [0.25, 0.3) is 0 Å². The van der Waals surface area contributed by atoms with E-state index in [4.69, 9.17) is 0 Å². The molecule has 3 aromatic rings. The molecule has 0 bridgehead atoms. The number of H-pyrrole nitrogens is 1. The Morgan fingerprint density at radius 3 is 2.88 bits per heavy atom. The van der Waals surface area contributed by atoms with E-state index in [1.807, 2.05) is 43.0 Å². The molecule has 3 heterocycles. The molecular weight excluding hydrogens is 312 g/mol. The van der Waals surface area contributed by atoms with Gasteiger partial charge in [0.2, 0.25) is 5.91 Å². The van der Waals surface area contributed by atoms with Crippen LogP contribution in [0.3, 0.4) is 0 Å². The summed E-state index contributed by atoms with van der Waals surface area (Å²) in [4.78, 5) is 18.4. The molecule has 1 atom stereocenters. The van der Waals surface area contributed by atoms with Crippen molar-refractivity contribution in [1.29, 1.82) is 0 Å². The van der Waals surface area contributed by atoms with Crippen molar-refractivity contribution in [3.05, 3.63) is 53.0 Å². The lowest BCUT2D eigenvalue weighted by Gasteiger charge is -2.25. The molecular formula is C20H24N4O. The van der Waals surface area contributed by atoms with Crippen molar-refractivity contribution in [3.8, 4) is 0 Å². The molecule has 0 aliphatic carbocycles. The molecule has 1 aromatic carbocycles. The van der Waals surface area contributed by atoms with Gasteiger partial charge in [-0.3, -0.25) is 9.48 Å². The second kappa shape index (κ2) is 6.06. The Balaban J connectivity index is 1.61. The SMILES string of the molecule is Cc1nn(C)c(C)c1C1CCCN1C(=O)Cc1c[nH]c2ccccc12. The summed E-state index contributed by atoms with van der Waals surface area (Å²) >= 11 is 0. The first-order valence-electron chi connectivity index (χ1n) is 8.91. The molecule has 1 aliphatic rings. The largest absolute Gasteiger partial charge is 0.361 e. The number of aromatic nitrogens is 3. The van der Waals surface area contributed by atoms with Crippen LogP contribution in [-0.2, 0) is 18.3 Å². The number of amides is 1. The number of aromatic amines is 1. The van der Waals surface area contributed by atoms with E-state index in [0.717, 1.165) is 47.2 Å². The van der Waals surface area contributed by atoms with E-state index in [1.165, 1.54) is 5.56 Å². The van der Waals surface area contributed by atoms with E-state index in [2.05, 4.69) is 28.0 Å². The molecule has 1 saturated heterocycles. The van der Waals surface area contributed by atoms with Gasteiger partial charge in [-0.1, -0.05) is 18.2 Å². The van der Waals surface area contributed by atoms with Crippen LogP contribution in [0.5, 0.6) is 0 Å². The summed E-state index contributed by atoms with van der Waals surface area (Å²) in [5.74, 6) is 0.204. The summed E-state index contributed by atoms with van der Waals surface area (Å²) in [6.07, 6.45) is 4.48. The van der Waals surface area contributed by atoms with Gasteiger partial charge in [-0.25, -0.2) is 0 Å². The molecule has 25 heavy (non-hydrogen) atoms. The van der Waals surface area contributed by atoms with Crippen LogP contribution in [0.1, 0.15) is 41.4 Å². The number of carbonyl (C=O) groups excluding carboxylic acids is 1. The molecule has 0 radical (unpaired) electrons. The highest BCUT2D eigenvalue weighted by atomic mass is 16.2. The zero-order valence-corrected chi connectivity index (χ0v) is 15.0. The maximum atomic E-state index is 13.1. The summed E-state index contributed by atoms with van der Waals surface area (Å²) in [6.45, 7) is 4.97. The average Bonchev–Trinajstić information content (AvgIpc) is 3.27. The molecule has 1 amide bonds. The first kappa shape index (κ1) is 15.9. The number of hydrogen-bond acceptors (Lipinski definition) is 2. The number of likely N-dealkylation sites (tertiary alicyclic amines) is 1. The highest BCUT2D eigenvalue weighted by Gasteiger charge is 2.33. The van der Waals surface area contributed by atoms with Crippen LogP contribution in [0.15, 0.2) is 30.5 Å². The predicted molar refractivity (Wildman–Crippen MR) is 98.4 cm³/mol. The van der Waals surface area contributed by atoms with Gasteiger partial charge in [0.15, 0.2) is 0 Å². The van der Waals surface area contributed by atoms with Gasteiger partial charge in [-0.2, -0.15) is 5.10 Å². The lowest BCUT2D eigenvalue weighted by atomic mass is 10.0. The van der Waals surface area contributed by atoms with Crippen LogP contribution in [0, 0.1) is 13.8 Å². The van der Waals surface area contributed by atoms with Crippen LogP contribution in [0.2, 0.25) is 0 Å². The first-order valence-corrected chi connectivity index (χ1v) is 8.91. The number of hydrogen-bond donors (Lipinski definition) is 1. The Hall–Kier alpha value is -2.56. The van der Waals surface area contributed by atoms with Crippen LogP contribution in [0.4, 0.5) is 0 Å². The van der Waals surface area contributed by atoms with E-state index in [9.17, 15) is 4.79 Å². The summed E-state index contributed by atoms with van der Waals surface area (Å²) < 4.78 is 1.92. The molecule has 5 nitrogen and oxygen atoms in total. The van der Waals surface area contributed by atoms with Gasteiger partial charge in [0.05, 0.1) is 18.2 Å². The molecule has 2 aromatic heterocycles. The number of benzene rings is 1. The lowest BCUT2D eigenvalue weighted by molar-refractivity contribution is -0.131. The Kier molecular flexibility index (Phi) is 3.86. The minimum atomic E-state index is 0.159. The standard InChI is InChI=1S/C20H24N4O/c1-13-20(14(2)23(3)22-13)18-9-6-10-24(18)19(25)11-15-12-21-17-8-5-4-7-16(15)17/h4-5,7-8,12,18,21H,6,9-11H2,1-3H3. The minimum absolute atomic E-state index is 0.159. The lowest BCUT2D eigenvalue weighted by Crippen LogP contribution is -2.32. The maximum Gasteiger partial charge on any atom is 0.227 e. The summed E-state index contributed by atoms with van der Waals surface area (Å²) in [7, 11) is 1.97. The van der Waals surface area contributed by atoms with E-state index in [0.29, 0.717) is 6.42 Å². The summed E-state index contributed by atoms with van der Waals surface area (Å²) in [6, 6.07) is 8.31. The van der Waals surface area contributed by atoms with Crippen LogP contribution >= 0.6 is 0 Å². The normalized spacial score (nSPS) is 17.6. The zero-order chi connectivity index (χ0) is 17.6. The quantitative estimate of drug-likeness (QED) is 0.797. The van der Waals surface area contributed by atoms with E-state index in [-0.39, 0.29) is 11.9 Å². The highest BCUT2D eigenvalue weighted by Crippen LogP contribution is 2.36. The minimum Gasteiger partial charge on any atom is -0.361 e. The topological polar surface area (TPSA) is 53.9 Å². The van der Waals surface area contributed by atoms with Crippen molar-refractivity contribution in [2.45, 2.75) is 39.2 Å². The zero-order valence-electron chi connectivity index (χ0n) is 15.0. The Morgan fingerprint density at radius 2 is 2.12 bits per heavy atom. The van der Waals surface area contributed by atoms with E-state index < -0.39 is 0 Å². The molecule has 5 heteroatoms. The van der Waals surface area contributed by atoms with Crippen molar-refractivity contribution in [3.63, 3.8) is 0 Å². The van der Waals surface area contributed by atoms with Gasteiger partial charge in [0, 0.05) is 41.9 Å². The summed E-state index contributed by atoms with van der Waals surface area (Å²) in [5.41, 5.74) is 5.59. The fourth-order valence-electron chi connectivity index (χ4n) is 4.18. The molecule has 1 unspecified atom stereocenters. The molecule has 1 N–H and O–H groups in total. The first-order chi connectivity index (χ1) is 12.1. The third-order valence-electron chi connectivity index (χ3n) is 5.49. The third-order valence-corrected chi connectivity index (χ3v) is 5.49. The predicted octanol–water partition coefficient (Wildman–Crippen LogP) is 3.42. The van der Waals surface area contributed by atoms with Gasteiger partial charge in [0.1, 0.15) is 0 Å². The van der Waals surface area contributed by atoms with Crippen LogP contribution in [-0.4, -0.2) is 32.1 Å². The number of para-hydroxylation sites is 1. The van der Waals surface area contributed by atoms with Crippen molar-refractivity contribution < 1.29 is 4.79 Å². The molecule has 4 rings (SSSR count). The Labute approximate surface area is 147 Å². The maximum absolute atomic E-state index is 13.1. The van der Waals surface area contributed by atoms with Gasteiger partial charge in [-0.15, -0.1) is 0 Å². The van der Waals surface area contributed by atoms with E-state index in [1.54, 1.807) is 0 Å². The molecule has 0 spiro atoms. The molecule has 0 saturated carbocycles. The number of fused-ring (bicyclic) bond motifs is 1. The Morgan fingerprint density at radius 1 is 1.32 bits per heavy atom. The van der Waals surface area contributed by atoms with Crippen LogP contribution in [0.25, 0.3) is 10.9 Å². The smallest absolute Gasteiger partial charge is 0.227 e. The van der Waals surface area contributed by atoms with E-state index >= 15 is 0 Å². The van der Waals surface area contributed by atoms with Crippen molar-refractivity contribution in [2.24, 2.45) is 7.05 Å². The third kappa shape index (κ3) is 2.64.